The van der Waals surface area contributed by atoms with Gasteiger partial charge in [-0.2, -0.15) is 0 Å². The minimum atomic E-state index is -0.221. The third kappa shape index (κ3) is 6.30. The number of carbonyl (C=O) groups is 3. The lowest BCUT2D eigenvalue weighted by Gasteiger charge is -2.26. The smallest absolute Gasteiger partial charge is 0.258 e. The van der Waals surface area contributed by atoms with Crippen molar-refractivity contribution in [1.29, 1.82) is 0 Å². The number of piperidine rings is 1. The molecule has 1 saturated heterocycles. The SMILES string of the molecule is CCN(C(=O)c1ccc(NC(=O)CNc2cccc(C(=O)N3CCCCC3)c2)cc1)c1ccccc1. The van der Waals surface area contributed by atoms with Gasteiger partial charge in [-0.15, -0.1) is 0 Å². The molecule has 1 heterocycles. The fourth-order valence-electron chi connectivity index (χ4n) is 4.33. The number of para-hydroxylation sites is 1. The summed E-state index contributed by atoms with van der Waals surface area (Å²) in [6.07, 6.45) is 3.26. The number of nitrogens with zero attached hydrogens (tertiary/aromatic N) is 2. The summed E-state index contributed by atoms with van der Waals surface area (Å²) in [6.45, 7) is 4.14. The van der Waals surface area contributed by atoms with E-state index in [1.807, 2.05) is 60.4 Å². The van der Waals surface area contributed by atoms with Gasteiger partial charge in [0.2, 0.25) is 5.91 Å². The highest BCUT2D eigenvalue weighted by Gasteiger charge is 2.19. The summed E-state index contributed by atoms with van der Waals surface area (Å²) < 4.78 is 0. The number of benzene rings is 3. The number of nitrogens with one attached hydrogen (secondary N) is 2. The average Bonchev–Trinajstić information content (AvgIpc) is 2.93. The number of hydrogen-bond acceptors (Lipinski definition) is 4. The first-order chi connectivity index (χ1) is 17.5. The summed E-state index contributed by atoms with van der Waals surface area (Å²) in [5.74, 6) is -0.283. The molecule has 0 atom stereocenters. The first kappa shape index (κ1) is 25.0. The average molecular weight is 485 g/mol. The van der Waals surface area contributed by atoms with Crippen LogP contribution in [0.4, 0.5) is 17.1 Å². The fourth-order valence-corrected chi connectivity index (χ4v) is 4.33. The van der Waals surface area contributed by atoms with Crippen molar-refractivity contribution >= 4 is 34.8 Å². The maximum Gasteiger partial charge on any atom is 0.258 e. The van der Waals surface area contributed by atoms with Gasteiger partial charge in [0.05, 0.1) is 6.54 Å². The minimum Gasteiger partial charge on any atom is -0.376 e. The second-order valence-electron chi connectivity index (χ2n) is 8.80. The van der Waals surface area contributed by atoms with Crippen molar-refractivity contribution in [2.45, 2.75) is 26.2 Å². The molecule has 0 spiro atoms. The highest BCUT2D eigenvalue weighted by molar-refractivity contribution is 6.06. The Hall–Kier alpha value is -4.13. The van der Waals surface area contributed by atoms with Crippen LogP contribution in [0.25, 0.3) is 0 Å². The molecule has 4 rings (SSSR count). The van der Waals surface area contributed by atoms with Crippen molar-refractivity contribution in [1.82, 2.24) is 4.90 Å². The Labute approximate surface area is 212 Å². The van der Waals surface area contributed by atoms with Gasteiger partial charge in [-0.05, 0) is 80.8 Å². The second kappa shape index (κ2) is 12.0. The standard InChI is InChI=1S/C29H32N4O3/c1-2-33(26-12-5-3-6-13-26)29(36)22-14-16-24(17-15-22)31-27(34)21-30-25-11-9-10-23(20-25)28(35)32-18-7-4-8-19-32/h3,5-6,9-17,20,30H,2,4,7-8,18-19,21H2,1H3,(H,31,34). The van der Waals surface area contributed by atoms with E-state index in [4.69, 9.17) is 0 Å². The number of amides is 3. The summed E-state index contributed by atoms with van der Waals surface area (Å²) in [7, 11) is 0. The van der Waals surface area contributed by atoms with Gasteiger partial charge in [-0.3, -0.25) is 14.4 Å². The number of carbonyl (C=O) groups excluding carboxylic acids is 3. The zero-order valence-electron chi connectivity index (χ0n) is 20.6. The molecule has 7 heteroatoms. The van der Waals surface area contributed by atoms with Crippen LogP contribution in [0.5, 0.6) is 0 Å². The Morgan fingerprint density at radius 1 is 0.806 bits per heavy atom. The number of rotatable bonds is 8. The molecule has 0 aromatic heterocycles. The molecule has 7 nitrogen and oxygen atoms in total. The topological polar surface area (TPSA) is 81.8 Å². The molecule has 3 aromatic rings. The Morgan fingerprint density at radius 2 is 1.53 bits per heavy atom. The predicted octanol–water partition coefficient (Wildman–Crippen LogP) is 5.03. The Kier molecular flexibility index (Phi) is 8.34. The van der Waals surface area contributed by atoms with Gasteiger partial charge in [0.1, 0.15) is 0 Å². The van der Waals surface area contributed by atoms with Crippen LogP contribution in [0, 0.1) is 0 Å². The minimum absolute atomic E-state index is 0.0336. The number of hydrogen-bond donors (Lipinski definition) is 2. The molecule has 36 heavy (non-hydrogen) atoms. The Balaban J connectivity index is 1.31. The van der Waals surface area contributed by atoms with E-state index in [1.165, 1.54) is 6.42 Å². The quantitative estimate of drug-likeness (QED) is 0.470. The first-order valence-corrected chi connectivity index (χ1v) is 12.4. The van der Waals surface area contributed by atoms with Crippen molar-refractivity contribution in [2.24, 2.45) is 0 Å². The molecule has 0 bridgehead atoms. The zero-order valence-corrected chi connectivity index (χ0v) is 20.6. The molecule has 0 unspecified atom stereocenters. The van der Waals surface area contributed by atoms with E-state index in [1.54, 1.807) is 35.2 Å². The van der Waals surface area contributed by atoms with E-state index in [0.717, 1.165) is 37.3 Å². The van der Waals surface area contributed by atoms with Crippen LogP contribution >= 0.6 is 0 Å². The molecule has 0 radical (unpaired) electrons. The highest BCUT2D eigenvalue weighted by atomic mass is 16.2. The van der Waals surface area contributed by atoms with Crippen LogP contribution in [0.3, 0.4) is 0 Å². The second-order valence-corrected chi connectivity index (χ2v) is 8.80. The normalized spacial score (nSPS) is 13.1. The number of anilines is 3. The van der Waals surface area contributed by atoms with E-state index in [2.05, 4.69) is 10.6 Å². The van der Waals surface area contributed by atoms with Crippen LogP contribution in [-0.2, 0) is 4.79 Å². The molecule has 2 N–H and O–H groups in total. The summed E-state index contributed by atoms with van der Waals surface area (Å²) in [6, 6.07) is 23.7. The van der Waals surface area contributed by atoms with Crippen LogP contribution in [-0.4, -0.2) is 48.8 Å². The van der Waals surface area contributed by atoms with Crippen molar-refractivity contribution < 1.29 is 14.4 Å². The molecule has 1 fully saturated rings. The molecule has 3 aromatic carbocycles. The maximum absolute atomic E-state index is 12.9. The fraction of sp³-hybridized carbons (Fsp3) is 0.276. The van der Waals surface area contributed by atoms with Crippen molar-refractivity contribution in [3.8, 4) is 0 Å². The molecule has 1 aliphatic rings. The molecule has 1 aliphatic heterocycles. The van der Waals surface area contributed by atoms with Crippen LogP contribution in [0.1, 0.15) is 46.9 Å². The van der Waals surface area contributed by atoms with Crippen LogP contribution in [0.2, 0.25) is 0 Å². The van der Waals surface area contributed by atoms with Crippen LogP contribution < -0.4 is 15.5 Å². The predicted molar refractivity (Wildman–Crippen MR) is 144 cm³/mol. The van der Waals surface area contributed by atoms with E-state index in [-0.39, 0.29) is 24.3 Å². The molecular formula is C29H32N4O3. The zero-order chi connectivity index (χ0) is 25.3. The summed E-state index contributed by atoms with van der Waals surface area (Å²) in [5.41, 5.74) is 3.34. The van der Waals surface area contributed by atoms with Gasteiger partial charge < -0.3 is 20.4 Å². The lowest BCUT2D eigenvalue weighted by Crippen LogP contribution is -2.35. The summed E-state index contributed by atoms with van der Waals surface area (Å²) >= 11 is 0. The maximum atomic E-state index is 12.9. The third-order valence-electron chi connectivity index (χ3n) is 6.25. The monoisotopic (exact) mass is 484 g/mol. The molecule has 0 saturated carbocycles. The Morgan fingerprint density at radius 3 is 2.22 bits per heavy atom. The van der Waals surface area contributed by atoms with Gasteiger partial charge in [-0.25, -0.2) is 0 Å². The van der Waals surface area contributed by atoms with Gasteiger partial charge in [-0.1, -0.05) is 24.3 Å². The van der Waals surface area contributed by atoms with Gasteiger partial charge in [0.15, 0.2) is 0 Å². The van der Waals surface area contributed by atoms with E-state index < -0.39 is 0 Å². The van der Waals surface area contributed by atoms with E-state index >= 15 is 0 Å². The van der Waals surface area contributed by atoms with Crippen molar-refractivity contribution in [3.63, 3.8) is 0 Å². The van der Waals surface area contributed by atoms with Crippen LogP contribution in [0.15, 0.2) is 78.9 Å². The Bertz CT molecular complexity index is 1190. The number of likely N-dealkylation sites (tertiary alicyclic amines) is 1. The van der Waals surface area contributed by atoms with Gasteiger partial charge >= 0.3 is 0 Å². The molecular weight excluding hydrogens is 452 g/mol. The highest BCUT2D eigenvalue weighted by Crippen LogP contribution is 2.19. The summed E-state index contributed by atoms with van der Waals surface area (Å²) in [5, 5.41) is 5.93. The van der Waals surface area contributed by atoms with Gasteiger partial charge in [0.25, 0.3) is 11.8 Å². The first-order valence-electron chi connectivity index (χ1n) is 12.4. The van der Waals surface area contributed by atoms with E-state index in [0.29, 0.717) is 23.4 Å². The summed E-state index contributed by atoms with van der Waals surface area (Å²) in [4.78, 5) is 41.8. The van der Waals surface area contributed by atoms with Crippen molar-refractivity contribution in [2.75, 3.05) is 41.7 Å². The lowest BCUT2D eigenvalue weighted by molar-refractivity contribution is -0.114. The van der Waals surface area contributed by atoms with Crippen molar-refractivity contribution in [3.05, 3.63) is 90.0 Å². The molecule has 0 aliphatic carbocycles. The third-order valence-corrected chi connectivity index (χ3v) is 6.25. The van der Waals surface area contributed by atoms with Gasteiger partial charge in [0, 0.05) is 47.8 Å². The lowest BCUT2D eigenvalue weighted by atomic mass is 10.1. The molecule has 186 valence electrons. The largest absolute Gasteiger partial charge is 0.376 e. The molecule has 3 amide bonds. The van der Waals surface area contributed by atoms with E-state index in [9.17, 15) is 14.4 Å².